The summed E-state index contributed by atoms with van der Waals surface area (Å²) in [5.41, 5.74) is 15.5. The highest BCUT2D eigenvalue weighted by molar-refractivity contribution is 7.20. The standard InChI is InChI=1S/C64H41NS/c1-3-19-40(20-4-1)59-44-24-7-11-28-48(44)61(49-29-12-8-25-45(49)59)52-32-18-36-58-63(52)54-34-17-33-53(64(54)66-58)62-50-30-13-9-26-46(50)60(47-27-10-14-31-51(47)62)41-37-38-57-55(39-41)43-23-15-16-35-56(43)65(57)42-21-5-2-6-22-42/h1-16,18-33,35-39H,17,34H2. The monoisotopic (exact) mass is 855 g/mol. The molecule has 1 nitrogen and oxygen atoms in total. The van der Waals surface area contributed by atoms with E-state index in [1.807, 2.05) is 11.3 Å². The quantitative estimate of drug-likeness (QED) is 0.152. The molecule has 0 amide bonds. The molecule has 0 spiro atoms. The normalized spacial score (nSPS) is 12.8. The van der Waals surface area contributed by atoms with Crippen LogP contribution in [0.2, 0.25) is 0 Å². The molecule has 2 heterocycles. The summed E-state index contributed by atoms with van der Waals surface area (Å²) in [6.07, 6.45) is 4.54. The van der Waals surface area contributed by atoms with Crippen LogP contribution in [0.4, 0.5) is 0 Å². The van der Waals surface area contributed by atoms with E-state index in [1.165, 1.54) is 136 Å². The number of rotatable bonds is 5. The van der Waals surface area contributed by atoms with Gasteiger partial charge in [-0.2, -0.15) is 0 Å². The van der Waals surface area contributed by atoms with Gasteiger partial charge in [-0.1, -0.05) is 188 Å². The largest absolute Gasteiger partial charge is 0.309 e. The number of aryl methyl sites for hydroxylation is 1. The number of thiophene rings is 1. The van der Waals surface area contributed by atoms with Crippen LogP contribution in [0, 0.1) is 0 Å². The summed E-state index contributed by atoms with van der Waals surface area (Å²) >= 11 is 1.97. The fourth-order valence-electron chi connectivity index (χ4n) is 11.6. The van der Waals surface area contributed by atoms with Crippen LogP contribution in [-0.4, -0.2) is 4.57 Å². The second-order valence-corrected chi connectivity index (χ2v) is 18.8. The van der Waals surface area contributed by atoms with Gasteiger partial charge in [-0.15, -0.1) is 11.3 Å². The lowest BCUT2D eigenvalue weighted by atomic mass is 9.81. The Bertz CT molecular complexity index is 4030. The lowest BCUT2D eigenvalue weighted by molar-refractivity contribution is 0.999. The van der Waals surface area contributed by atoms with Gasteiger partial charge < -0.3 is 4.57 Å². The first-order valence-electron chi connectivity index (χ1n) is 23.1. The van der Waals surface area contributed by atoms with Crippen molar-refractivity contribution in [1.29, 1.82) is 0 Å². The molecule has 0 N–H and O–H groups in total. The smallest absolute Gasteiger partial charge is 0.0541 e. The number of para-hydroxylation sites is 2. The zero-order chi connectivity index (χ0) is 43.3. The number of hydrogen-bond acceptors (Lipinski definition) is 1. The summed E-state index contributed by atoms with van der Waals surface area (Å²) in [6.45, 7) is 0. The van der Waals surface area contributed by atoms with Crippen molar-refractivity contribution in [2.75, 3.05) is 0 Å². The summed E-state index contributed by atoms with van der Waals surface area (Å²) in [5.74, 6) is 0. The fourth-order valence-corrected chi connectivity index (χ4v) is 12.9. The highest BCUT2D eigenvalue weighted by atomic mass is 32.1. The van der Waals surface area contributed by atoms with Gasteiger partial charge in [0.2, 0.25) is 0 Å². The number of nitrogens with zero attached hydrogens (tertiary/aromatic N) is 1. The van der Waals surface area contributed by atoms with Crippen LogP contribution >= 0.6 is 11.3 Å². The molecule has 0 fully saturated rings. The third kappa shape index (κ3) is 5.46. The summed E-state index contributed by atoms with van der Waals surface area (Å²) in [6, 6.07) is 81.1. The van der Waals surface area contributed by atoms with Crippen LogP contribution in [-0.2, 0) is 6.42 Å². The molecular formula is C64H41NS. The maximum Gasteiger partial charge on any atom is 0.0541 e. The molecule has 2 heteroatoms. The van der Waals surface area contributed by atoms with E-state index in [2.05, 4.69) is 229 Å². The van der Waals surface area contributed by atoms with Gasteiger partial charge in [-0.25, -0.2) is 0 Å². The number of fused-ring (bicyclic) bond motifs is 10. The molecule has 14 rings (SSSR count). The molecule has 1 aliphatic rings. The molecule has 0 atom stereocenters. The van der Waals surface area contributed by atoms with Crippen molar-refractivity contribution in [2.45, 2.75) is 12.8 Å². The van der Waals surface area contributed by atoms with E-state index in [0.717, 1.165) is 12.8 Å². The summed E-state index contributed by atoms with van der Waals surface area (Å²) in [4.78, 5) is 1.40. The Morgan fingerprint density at radius 2 is 0.864 bits per heavy atom. The maximum atomic E-state index is 2.54. The molecule has 2 aromatic heterocycles. The minimum atomic E-state index is 0.990. The SMILES string of the molecule is C1=C(c2c3ccccc3c(-c3ccc4c(c3)c3ccccc3n4-c3ccccc3)c3ccccc23)c2sc3cccc(-c4c5ccccc5c(-c5ccccc5)c5ccccc45)c3c2CC1. The van der Waals surface area contributed by atoms with E-state index >= 15 is 0 Å². The van der Waals surface area contributed by atoms with Crippen molar-refractivity contribution >= 4 is 91.9 Å². The van der Waals surface area contributed by atoms with Crippen LogP contribution in [0.15, 0.2) is 224 Å². The molecule has 308 valence electrons. The first-order valence-corrected chi connectivity index (χ1v) is 23.9. The van der Waals surface area contributed by atoms with Crippen LogP contribution in [0.1, 0.15) is 22.4 Å². The zero-order valence-corrected chi connectivity index (χ0v) is 36.9. The van der Waals surface area contributed by atoms with E-state index in [4.69, 9.17) is 0 Å². The molecule has 0 unspecified atom stereocenters. The second kappa shape index (κ2) is 14.8. The molecule has 1 aliphatic carbocycles. The minimum Gasteiger partial charge on any atom is -0.309 e. The first-order chi connectivity index (χ1) is 32.8. The Kier molecular flexibility index (Phi) is 8.35. The van der Waals surface area contributed by atoms with E-state index in [0.29, 0.717) is 0 Å². The fraction of sp³-hybridized carbons (Fsp3) is 0.0312. The predicted octanol–water partition coefficient (Wildman–Crippen LogP) is 18.0. The Hall–Kier alpha value is -8.04. The zero-order valence-electron chi connectivity index (χ0n) is 36.1. The summed E-state index contributed by atoms with van der Waals surface area (Å²) in [5, 5.41) is 14.3. The minimum absolute atomic E-state index is 0.990. The van der Waals surface area contributed by atoms with Gasteiger partial charge in [-0.05, 0) is 142 Å². The molecule has 13 aromatic rings. The van der Waals surface area contributed by atoms with Crippen molar-refractivity contribution in [2.24, 2.45) is 0 Å². The van der Waals surface area contributed by atoms with Crippen LogP contribution in [0.25, 0.3) is 120 Å². The van der Waals surface area contributed by atoms with Gasteiger partial charge in [0.1, 0.15) is 0 Å². The van der Waals surface area contributed by atoms with E-state index in [1.54, 1.807) is 0 Å². The average molecular weight is 856 g/mol. The molecule has 0 aliphatic heterocycles. The third-order valence-electron chi connectivity index (χ3n) is 14.2. The van der Waals surface area contributed by atoms with Crippen molar-refractivity contribution in [3.63, 3.8) is 0 Å². The molecule has 0 radical (unpaired) electrons. The number of aromatic nitrogens is 1. The molecule has 11 aromatic carbocycles. The number of allylic oxidation sites excluding steroid dienone is 1. The van der Waals surface area contributed by atoms with Crippen LogP contribution in [0.5, 0.6) is 0 Å². The van der Waals surface area contributed by atoms with E-state index in [9.17, 15) is 0 Å². The van der Waals surface area contributed by atoms with Gasteiger partial charge in [0.15, 0.2) is 0 Å². The van der Waals surface area contributed by atoms with Gasteiger partial charge in [0.25, 0.3) is 0 Å². The van der Waals surface area contributed by atoms with Crippen LogP contribution in [0.3, 0.4) is 0 Å². The third-order valence-corrected chi connectivity index (χ3v) is 15.5. The summed E-state index contributed by atoms with van der Waals surface area (Å²) < 4.78 is 3.75. The van der Waals surface area contributed by atoms with E-state index < -0.39 is 0 Å². The van der Waals surface area contributed by atoms with Gasteiger partial charge >= 0.3 is 0 Å². The van der Waals surface area contributed by atoms with Crippen molar-refractivity contribution in [3.8, 4) is 39.1 Å². The summed E-state index contributed by atoms with van der Waals surface area (Å²) in [7, 11) is 0. The average Bonchev–Trinajstić information content (AvgIpc) is 3.94. The molecule has 66 heavy (non-hydrogen) atoms. The Labute approximate surface area is 386 Å². The molecular weight excluding hydrogens is 815 g/mol. The maximum absolute atomic E-state index is 2.54. The Balaban J connectivity index is 0.992. The van der Waals surface area contributed by atoms with Crippen molar-refractivity contribution in [1.82, 2.24) is 4.57 Å². The highest BCUT2D eigenvalue weighted by Gasteiger charge is 2.27. The first kappa shape index (κ1) is 37.3. The Morgan fingerprint density at radius 1 is 0.364 bits per heavy atom. The lowest BCUT2D eigenvalue weighted by Crippen LogP contribution is -2.01. The lowest BCUT2D eigenvalue weighted by Gasteiger charge is -2.22. The number of hydrogen-bond donors (Lipinski definition) is 0. The second-order valence-electron chi connectivity index (χ2n) is 17.7. The highest BCUT2D eigenvalue weighted by Crippen LogP contribution is 2.52. The molecule has 0 bridgehead atoms. The van der Waals surface area contributed by atoms with Crippen molar-refractivity contribution in [3.05, 3.63) is 240 Å². The molecule has 0 saturated carbocycles. The Morgan fingerprint density at radius 3 is 1.48 bits per heavy atom. The van der Waals surface area contributed by atoms with Crippen molar-refractivity contribution < 1.29 is 0 Å². The topological polar surface area (TPSA) is 4.93 Å². The van der Waals surface area contributed by atoms with Crippen LogP contribution < -0.4 is 0 Å². The van der Waals surface area contributed by atoms with Gasteiger partial charge in [0.05, 0.1) is 11.0 Å². The van der Waals surface area contributed by atoms with Gasteiger partial charge in [-0.3, -0.25) is 0 Å². The predicted molar refractivity (Wildman–Crippen MR) is 284 cm³/mol. The van der Waals surface area contributed by atoms with E-state index in [-0.39, 0.29) is 0 Å². The number of benzene rings is 11. The van der Waals surface area contributed by atoms with Gasteiger partial charge in [0, 0.05) is 31.4 Å². The molecule has 0 saturated heterocycles.